The first-order chi connectivity index (χ1) is 9.26. The zero-order chi connectivity index (χ0) is 13.7. The van der Waals surface area contributed by atoms with Crippen LogP contribution in [0, 0.1) is 6.92 Å². The van der Waals surface area contributed by atoms with E-state index >= 15 is 0 Å². The van der Waals surface area contributed by atoms with Gasteiger partial charge < -0.3 is 14.9 Å². The molecule has 2 N–H and O–H groups in total. The Balaban J connectivity index is 1.95. The van der Waals surface area contributed by atoms with Gasteiger partial charge in [-0.25, -0.2) is 4.98 Å². The van der Waals surface area contributed by atoms with Crippen molar-refractivity contribution in [1.29, 1.82) is 0 Å². The topological polar surface area (TPSA) is 74.6 Å². The van der Waals surface area contributed by atoms with Gasteiger partial charge in [0.2, 0.25) is 0 Å². The molecule has 0 amide bonds. The Hall–Kier alpha value is -1.34. The molecule has 0 bridgehead atoms. The number of rotatable bonds is 7. The minimum absolute atomic E-state index is 0.439. The Morgan fingerprint density at radius 2 is 2.16 bits per heavy atom. The van der Waals surface area contributed by atoms with Gasteiger partial charge in [0.05, 0.1) is 6.54 Å². The van der Waals surface area contributed by atoms with E-state index in [0.717, 1.165) is 42.1 Å². The van der Waals surface area contributed by atoms with E-state index in [1.54, 1.807) is 11.8 Å². The molecule has 0 aliphatic rings. The summed E-state index contributed by atoms with van der Waals surface area (Å²) in [5, 5.41) is 9.31. The smallest absolute Gasteiger partial charge is 0.191 e. The molecule has 2 heterocycles. The molecule has 0 fully saturated rings. The van der Waals surface area contributed by atoms with E-state index in [1.165, 1.54) is 0 Å². The Kier molecular flexibility index (Phi) is 4.98. The highest BCUT2D eigenvalue weighted by molar-refractivity contribution is 7.99. The third-order valence-electron chi connectivity index (χ3n) is 2.91. The van der Waals surface area contributed by atoms with Crippen LogP contribution < -0.4 is 5.73 Å². The van der Waals surface area contributed by atoms with Gasteiger partial charge in [0.15, 0.2) is 5.16 Å². The summed E-state index contributed by atoms with van der Waals surface area (Å²) in [6.07, 6.45) is 4.88. The van der Waals surface area contributed by atoms with E-state index < -0.39 is 0 Å². The van der Waals surface area contributed by atoms with Crippen molar-refractivity contribution in [2.45, 2.75) is 45.1 Å². The third-order valence-corrected chi connectivity index (χ3v) is 3.86. The summed E-state index contributed by atoms with van der Waals surface area (Å²) >= 11 is 1.72. The van der Waals surface area contributed by atoms with Crippen molar-refractivity contribution in [1.82, 2.24) is 24.3 Å². The fourth-order valence-electron chi connectivity index (χ4n) is 1.90. The lowest BCUT2D eigenvalue weighted by molar-refractivity contribution is 0.591. The lowest BCUT2D eigenvalue weighted by Crippen LogP contribution is -2.09. The lowest BCUT2D eigenvalue weighted by Gasteiger charge is -2.08. The van der Waals surface area contributed by atoms with Gasteiger partial charge in [-0.2, -0.15) is 0 Å². The Morgan fingerprint density at radius 3 is 2.79 bits per heavy atom. The summed E-state index contributed by atoms with van der Waals surface area (Å²) in [7, 11) is 0. The van der Waals surface area contributed by atoms with E-state index in [1.807, 2.05) is 19.3 Å². The van der Waals surface area contributed by atoms with Crippen LogP contribution in [0.15, 0.2) is 17.6 Å². The molecule has 0 aliphatic carbocycles. The molecule has 0 unspecified atom stereocenters. The van der Waals surface area contributed by atoms with Gasteiger partial charge in [-0.3, -0.25) is 0 Å². The van der Waals surface area contributed by atoms with Crippen molar-refractivity contribution in [2.75, 3.05) is 5.75 Å². The van der Waals surface area contributed by atoms with Crippen LogP contribution in [-0.4, -0.2) is 30.1 Å². The molecule has 0 saturated heterocycles. The summed E-state index contributed by atoms with van der Waals surface area (Å²) in [5.74, 6) is 2.85. The molecule has 0 saturated carbocycles. The molecule has 6 nitrogen and oxygen atoms in total. The number of nitrogens with two attached hydrogens (primary N) is 1. The largest absolute Gasteiger partial charge is 0.334 e. The van der Waals surface area contributed by atoms with Crippen molar-refractivity contribution in [3.63, 3.8) is 0 Å². The van der Waals surface area contributed by atoms with Gasteiger partial charge >= 0.3 is 0 Å². The third kappa shape index (κ3) is 3.36. The van der Waals surface area contributed by atoms with Gasteiger partial charge in [0.25, 0.3) is 0 Å². The fraction of sp³-hybridized carbons (Fsp3) is 0.583. The first-order valence-corrected chi connectivity index (χ1v) is 7.47. The molecule has 2 aromatic heterocycles. The highest BCUT2D eigenvalue weighted by atomic mass is 32.2. The van der Waals surface area contributed by atoms with Gasteiger partial charge in [-0.15, -0.1) is 10.2 Å². The lowest BCUT2D eigenvalue weighted by atomic mass is 10.4. The molecule has 0 aromatic carbocycles. The Labute approximate surface area is 117 Å². The van der Waals surface area contributed by atoms with E-state index in [-0.39, 0.29) is 0 Å². The highest BCUT2D eigenvalue weighted by Crippen LogP contribution is 2.18. The van der Waals surface area contributed by atoms with E-state index in [0.29, 0.717) is 6.54 Å². The number of nitrogens with zero attached hydrogens (tertiary/aromatic N) is 5. The Bertz CT molecular complexity index is 518. The number of hydrogen-bond donors (Lipinski definition) is 1. The highest BCUT2D eigenvalue weighted by Gasteiger charge is 2.10. The van der Waals surface area contributed by atoms with Crippen LogP contribution in [0.4, 0.5) is 0 Å². The maximum Gasteiger partial charge on any atom is 0.191 e. The number of thioether (sulfide) groups is 1. The maximum absolute atomic E-state index is 5.67. The van der Waals surface area contributed by atoms with E-state index in [9.17, 15) is 0 Å². The van der Waals surface area contributed by atoms with Crippen LogP contribution in [0.25, 0.3) is 0 Å². The van der Waals surface area contributed by atoms with Crippen LogP contribution in [-0.2, 0) is 19.6 Å². The second-order valence-corrected chi connectivity index (χ2v) is 5.33. The van der Waals surface area contributed by atoms with Crippen molar-refractivity contribution < 1.29 is 0 Å². The van der Waals surface area contributed by atoms with Gasteiger partial charge in [0, 0.05) is 31.2 Å². The first-order valence-electron chi connectivity index (χ1n) is 6.49. The molecule has 0 atom stereocenters. The maximum atomic E-state index is 5.67. The van der Waals surface area contributed by atoms with Crippen LogP contribution in [0.2, 0.25) is 0 Å². The van der Waals surface area contributed by atoms with Crippen molar-refractivity contribution in [3.05, 3.63) is 24.0 Å². The van der Waals surface area contributed by atoms with E-state index in [4.69, 9.17) is 5.73 Å². The standard InChI is InChI=1S/C12H20N6S/c1-3-5-18-11(9-13)15-16-12(18)19-8-7-17-6-4-14-10(17)2/h4,6H,3,5,7-9,13H2,1-2H3. The molecule has 19 heavy (non-hydrogen) atoms. The fourth-order valence-corrected chi connectivity index (χ4v) is 2.82. The van der Waals surface area contributed by atoms with Crippen LogP contribution >= 0.6 is 11.8 Å². The van der Waals surface area contributed by atoms with Crippen molar-refractivity contribution >= 4 is 11.8 Å². The summed E-state index contributed by atoms with van der Waals surface area (Å²) in [6.45, 7) is 6.44. The molecule has 0 aliphatic heterocycles. The summed E-state index contributed by atoms with van der Waals surface area (Å²) in [5.41, 5.74) is 5.67. The normalized spacial score (nSPS) is 11.1. The Morgan fingerprint density at radius 1 is 1.32 bits per heavy atom. The molecule has 7 heteroatoms. The average molecular weight is 280 g/mol. The minimum Gasteiger partial charge on any atom is -0.334 e. The van der Waals surface area contributed by atoms with Crippen molar-refractivity contribution in [2.24, 2.45) is 5.73 Å². The predicted octanol–water partition coefficient (Wildman–Crippen LogP) is 1.44. The average Bonchev–Trinajstić information content (AvgIpc) is 2.98. The second kappa shape index (κ2) is 6.72. The zero-order valence-electron chi connectivity index (χ0n) is 11.4. The zero-order valence-corrected chi connectivity index (χ0v) is 12.2. The minimum atomic E-state index is 0.439. The molecule has 0 spiro atoms. The SMILES string of the molecule is CCCn1c(CN)nnc1SCCn1ccnc1C. The monoisotopic (exact) mass is 280 g/mol. The summed E-state index contributed by atoms with van der Waals surface area (Å²) in [4.78, 5) is 4.21. The molecule has 0 radical (unpaired) electrons. The number of aryl methyl sites for hydroxylation is 2. The number of aromatic nitrogens is 5. The molecule has 104 valence electrons. The quantitative estimate of drug-likeness (QED) is 0.777. The molecular formula is C12H20N6S. The summed E-state index contributed by atoms with van der Waals surface area (Å²) < 4.78 is 4.25. The van der Waals surface area contributed by atoms with Gasteiger partial charge in [-0.05, 0) is 13.3 Å². The van der Waals surface area contributed by atoms with Gasteiger partial charge in [0.1, 0.15) is 11.6 Å². The number of imidazole rings is 1. The molecule has 2 aromatic rings. The molecule has 2 rings (SSSR count). The molecular weight excluding hydrogens is 260 g/mol. The van der Waals surface area contributed by atoms with Gasteiger partial charge in [-0.1, -0.05) is 18.7 Å². The van der Waals surface area contributed by atoms with E-state index in [2.05, 4.69) is 31.2 Å². The van der Waals surface area contributed by atoms with Crippen molar-refractivity contribution in [3.8, 4) is 0 Å². The number of hydrogen-bond acceptors (Lipinski definition) is 5. The van der Waals surface area contributed by atoms with Crippen LogP contribution in [0.3, 0.4) is 0 Å². The summed E-state index contributed by atoms with van der Waals surface area (Å²) in [6, 6.07) is 0. The predicted molar refractivity (Wildman–Crippen MR) is 75.9 cm³/mol. The first kappa shape index (κ1) is 14.1. The second-order valence-electron chi connectivity index (χ2n) is 4.27. The van der Waals surface area contributed by atoms with Crippen LogP contribution in [0.1, 0.15) is 25.0 Å². The van der Waals surface area contributed by atoms with Crippen LogP contribution in [0.5, 0.6) is 0 Å².